The maximum atomic E-state index is 13.9. The van der Waals surface area contributed by atoms with Crippen molar-refractivity contribution in [1.29, 1.82) is 0 Å². The van der Waals surface area contributed by atoms with Crippen LogP contribution in [-0.4, -0.2) is 17.6 Å². The molecule has 0 bridgehead atoms. The van der Waals surface area contributed by atoms with Gasteiger partial charge in [0.2, 0.25) is 0 Å². The normalized spacial score (nSPS) is 12.0. The minimum atomic E-state index is -0.936. The van der Waals surface area contributed by atoms with Gasteiger partial charge in [0.15, 0.2) is 4.80 Å². The number of hydrogen-bond donors (Lipinski definition) is 0. The van der Waals surface area contributed by atoms with E-state index in [1.165, 1.54) is 17.4 Å². The molecule has 3 aromatic rings. The van der Waals surface area contributed by atoms with Crippen molar-refractivity contribution >= 4 is 27.5 Å². The fraction of sp³-hybridized carbons (Fsp3) is 0.263. The lowest BCUT2D eigenvalue weighted by Gasteiger charge is -2.08. The molecule has 7 heteroatoms. The van der Waals surface area contributed by atoms with Crippen LogP contribution in [0.25, 0.3) is 10.2 Å². The predicted octanol–water partition coefficient (Wildman–Crippen LogP) is 4.45. The summed E-state index contributed by atoms with van der Waals surface area (Å²) in [5, 5.41) is 0. The van der Waals surface area contributed by atoms with Crippen LogP contribution in [0.4, 0.5) is 8.78 Å². The Balaban J connectivity index is 2.27. The lowest BCUT2D eigenvalue weighted by atomic mass is 10.2. The Morgan fingerprint density at radius 1 is 1.23 bits per heavy atom. The van der Waals surface area contributed by atoms with Crippen molar-refractivity contribution in [1.82, 2.24) is 4.57 Å². The number of benzene rings is 2. The molecule has 4 nitrogen and oxygen atoms in total. The lowest BCUT2D eigenvalue weighted by Crippen LogP contribution is -2.18. The van der Waals surface area contributed by atoms with Crippen LogP contribution >= 0.6 is 11.3 Å². The van der Waals surface area contributed by atoms with Crippen LogP contribution in [0.3, 0.4) is 0 Å². The summed E-state index contributed by atoms with van der Waals surface area (Å²) < 4.78 is 36.0. The Hall–Kier alpha value is -2.54. The fourth-order valence-electron chi connectivity index (χ4n) is 2.80. The van der Waals surface area contributed by atoms with Gasteiger partial charge in [-0.25, -0.2) is 8.78 Å². The zero-order valence-electron chi connectivity index (χ0n) is 14.7. The quantitative estimate of drug-likeness (QED) is 0.675. The van der Waals surface area contributed by atoms with Gasteiger partial charge in [-0.2, -0.15) is 4.99 Å². The summed E-state index contributed by atoms with van der Waals surface area (Å²) in [7, 11) is 1.58. The van der Waals surface area contributed by atoms with Crippen LogP contribution in [-0.2, 0) is 6.54 Å². The van der Waals surface area contributed by atoms with Crippen molar-refractivity contribution in [2.24, 2.45) is 4.99 Å². The topological polar surface area (TPSA) is 43.6 Å². The Bertz CT molecular complexity index is 1030. The number of amides is 1. The predicted molar refractivity (Wildman–Crippen MR) is 97.6 cm³/mol. The molecule has 0 fully saturated rings. The van der Waals surface area contributed by atoms with Crippen molar-refractivity contribution in [3.05, 3.63) is 57.9 Å². The largest absolute Gasteiger partial charge is 0.495 e. The van der Waals surface area contributed by atoms with E-state index >= 15 is 0 Å². The van der Waals surface area contributed by atoms with Crippen LogP contribution in [0.15, 0.2) is 35.3 Å². The Morgan fingerprint density at radius 3 is 2.54 bits per heavy atom. The molecule has 26 heavy (non-hydrogen) atoms. The zero-order valence-corrected chi connectivity index (χ0v) is 15.5. The summed E-state index contributed by atoms with van der Waals surface area (Å²) >= 11 is 1.31. The molecular formula is C19H18F2N2O2S. The van der Waals surface area contributed by atoms with Crippen LogP contribution < -0.4 is 9.54 Å². The molecule has 1 amide bonds. The second-order valence-electron chi connectivity index (χ2n) is 5.81. The van der Waals surface area contributed by atoms with Crippen molar-refractivity contribution in [2.45, 2.75) is 26.8 Å². The molecule has 0 saturated heterocycles. The van der Waals surface area contributed by atoms with Crippen LogP contribution in [0.2, 0.25) is 0 Å². The zero-order chi connectivity index (χ0) is 18.8. The van der Waals surface area contributed by atoms with E-state index in [1.54, 1.807) is 7.11 Å². The maximum Gasteiger partial charge on any atom is 0.285 e. The SMILES string of the molecule is CCCn1c(=NC(=O)c2c(F)cccc2F)sc2c(C)ccc(OC)c21. The molecule has 1 heterocycles. The Kier molecular flexibility index (Phi) is 5.18. The standard InChI is InChI=1S/C19H18F2N2O2S/c1-4-10-23-16-14(25-3)9-8-11(2)17(16)26-19(23)22-18(24)15-12(20)6-5-7-13(15)21/h5-9H,4,10H2,1-3H3. The van der Waals surface area contributed by atoms with Gasteiger partial charge in [0.1, 0.15) is 28.5 Å². The third-order valence-corrected chi connectivity index (χ3v) is 5.24. The highest BCUT2D eigenvalue weighted by Crippen LogP contribution is 2.30. The number of carbonyl (C=O) groups excluding carboxylic acids is 1. The highest BCUT2D eigenvalue weighted by atomic mass is 32.1. The van der Waals surface area contributed by atoms with E-state index in [0.717, 1.165) is 34.3 Å². The van der Waals surface area contributed by atoms with Crippen LogP contribution in [0.1, 0.15) is 29.3 Å². The first-order valence-corrected chi connectivity index (χ1v) is 8.99. The van der Waals surface area contributed by atoms with Gasteiger partial charge in [-0.1, -0.05) is 30.4 Å². The number of methoxy groups -OCH3 is 1. The maximum absolute atomic E-state index is 13.9. The molecule has 2 aromatic carbocycles. The van der Waals surface area contributed by atoms with E-state index in [-0.39, 0.29) is 0 Å². The van der Waals surface area contributed by atoms with Gasteiger partial charge in [-0.3, -0.25) is 4.79 Å². The minimum absolute atomic E-state index is 0.391. The molecule has 0 radical (unpaired) electrons. The summed E-state index contributed by atoms with van der Waals surface area (Å²) in [5.74, 6) is -2.11. The summed E-state index contributed by atoms with van der Waals surface area (Å²) in [6.45, 7) is 4.56. The summed E-state index contributed by atoms with van der Waals surface area (Å²) in [6.07, 6.45) is 0.804. The molecule has 3 rings (SSSR count). The highest BCUT2D eigenvalue weighted by molar-refractivity contribution is 7.16. The second-order valence-corrected chi connectivity index (χ2v) is 6.79. The molecule has 0 spiro atoms. The summed E-state index contributed by atoms with van der Waals surface area (Å²) in [4.78, 5) is 16.9. The van der Waals surface area contributed by atoms with Crippen molar-refractivity contribution in [3.63, 3.8) is 0 Å². The molecule has 136 valence electrons. The molecule has 0 atom stereocenters. The smallest absolute Gasteiger partial charge is 0.285 e. The van der Waals surface area contributed by atoms with Crippen LogP contribution in [0.5, 0.6) is 5.75 Å². The van der Waals surface area contributed by atoms with E-state index in [4.69, 9.17) is 4.74 Å². The first kappa shape index (κ1) is 18.3. The number of halogens is 2. The molecule has 0 unspecified atom stereocenters. The van der Waals surface area contributed by atoms with Crippen molar-refractivity contribution in [3.8, 4) is 5.75 Å². The van der Waals surface area contributed by atoms with Crippen LogP contribution in [0, 0.1) is 18.6 Å². The van der Waals surface area contributed by atoms with Crippen molar-refractivity contribution < 1.29 is 18.3 Å². The molecule has 0 aliphatic heterocycles. The highest BCUT2D eigenvalue weighted by Gasteiger charge is 2.18. The minimum Gasteiger partial charge on any atom is -0.495 e. The Labute approximate surface area is 153 Å². The fourth-order valence-corrected chi connectivity index (χ4v) is 3.94. The van der Waals surface area contributed by atoms with E-state index in [2.05, 4.69) is 4.99 Å². The summed E-state index contributed by atoms with van der Waals surface area (Å²) in [5.41, 5.74) is 1.21. The number of carbonyl (C=O) groups is 1. The van der Waals surface area contributed by atoms with Gasteiger partial charge in [-0.05, 0) is 37.1 Å². The third-order valence-electron chi connectivity index (χ3n) is 4.03. The molecule has 0 aliphatic rings. The monoisotopic (exact) mass is 376 g/mol. The number of ether oxygens (including phenoxy) is 1. The van der Waals surface area contributed by atoms with Gasteiger partial charge in [0.05, 0.1) is 11.8 Å². The van der Waals surface area contributed by atoms with E-state index < -0.39 is 23.1 Å². The lowest BCUT2D eigenvalue weighted by molar-refractivity contribution is 0.0989. The average Bonchev–Trinajstić information content (AvgIpc) is 2.95. The molecular weight excluding hydrogens is 358 g/mol. The number of fused-ring (bicyclic) bond motifs is 1. The number of rotatable bonds is 4. The number of hydrogen-bond acceptors (Lipinski definition) is 3. The third kappa shape index (κ3) is 3.14. The Morgan fingerprint density at radius 2 is 1.92 bits per heavy atom. The average molecular weight is 376 g/mol. The molecule has 1 aromatic heterocycles. The molecule has 0 saturated carbocycles. The first-order valence-electron chi connectivity index (χ1n) is 8.18. The summed E-state index contributed by atoms with van der Waals surface area (Å²) in [6, 6.07) is 7.09. The van der Waals surface area contributed by atoms with E-state index in [9.17, 15) is 13.6 Å². The number of thiazole rings is 1. The van der Waals surface area contributed by atoms with Gasteiger partial charge in [0.25, 0.3) is 5.91 Å². The molecule has 0 aliphatic carbocycles. The van der Waals surface area contributed by atoms with Gasteiger partial charge in [-0.15, -0.1) is 0 Å². The van der Waals surface area contributed by atoms with Gasteiger partial charge >= 0.3 is 0 Å². The number of aryl methyl sites for hydroxylation is 2. The first-order chi connectivity index (χ1) is 12.5. The van der Waals surface area contributed by atoms with Crippen molar-refractivity contribution in [2.75, 3.05) is 7.11 Å². The van der Waals surface area contributed by atoms with E-state index in [1.807, 2.05) is 30.5 Å². The van der Waals surface area contributed by atoms with Gasteiger partial charge < -0.3 is 9.30 Å². The number of aromatic nitrogens is 1. The molecule has 0 N–H and O–H groups in total. The number of nitrogens with zero attached hydrogens (tertiary/aromatic N) is 2. The van der Waals surface area contributed by atoms with Gasteiger partial charge in [0, 0.05) is 6.54 Å². The second kappa shape index (κ2) is 7.37. The van der Waals surface area contributed by atoms with E-state index in [0.29, 0.717) is 17.1 Å².